The molecule has 0 aliphatic rings. The van der Waals surface area contributed by atoms with Crippen LogP contribution in [0.25, 0.3) is 0 Å². The Morgan fingerprint density at radius 2 is 1.76 bits per heavy atom. The number of aryl methyl sites for hydroxylation is 1. The van der Waals surface area contributed by atoms with Crippen molar-refractivity contribution in [2.75, 3.05) is 6.54 Å². The molecule has 5 heteroatoms. The molecule has 0 saturated carbocycles. The highest BCUT2D eigenvalue weighted by Gasteiger charge is 2.09. The molecule has 0 saturated heterocycles. The molecule has 0 heterocycles. The molecule has 1 atom stereocenters. The Hall–Kier alpha value is -2.04. The smallest absolute Gasteiger partial charge is 0.315 e. The number of amides is 2. The van der Waals surface area contributed by atoms with Crippen molar-refractivity contribution in [3.05, 3.63) is 35.4 Å². The number of carboxylic acids is 1. The number of carboxylic acid groups (broad SMARTS) is 1. The quantitative estimate of drug-likeness (QED) is 0.644. The number of aliphatic carboxylic acids is 1. The van der Waals surface area contributed by atoms with Crippen molar-refractivity contribution in [2.45, 2.75) is 39.7 Å². The second-order valence-electron chi connectivity index (χ2n) is 5.16. The number of benzene rings is 1. The zero-order chi connectivity index (χ0) is 15.7. The van der Waals surface area contributed by atoms with Crippen molar-refractivity contribution in [3.63, 3.8) is 0 Å². The van der Waals surface area contributed by atoms with Crippen LogP contribution in [0.3, 0.4) is 0 Å². The van der Waals surface area contributed by atoms with E-state index in [1.807, 2.05) is 12.1 Å². The number of carbonyl (C=O) groups is 2. The predicted molar refractivity (Wildman–Crippen MR) is 82.1 cm³/mol. The summed E-state index contributed by atoms with van der Waals surface area (Å²) < 4.78 is 0. The van der Waals surface area contributed by atoms with Gasteiger partial charge in [-0.2, -0.15) is 0 Å². The van der Waals surface area contributed by atoms with Crippen LogP contribution >= 0.6 is 0 Å². The summed E-state index contributed by atoms with van der Waals surface area (Å²) in [4.78, 5) is 22.2. The molecule has 1 aromatic carbocycles. The van der Waals surface area contributed by atoms with Crippen LogP contribution in [0.1, 0.15) is 37.8 Å². The van der Waals surface area contributed by atoms with Crippen molar-refractivity contribution < 1.29 is 14.7 Å². The minimum atomic E-state index is -0.796. The van der Waals surface area contributed by atoms with Gasteiger partial charge in [0.2, 0.25) is 0 Å². The molecule has 1 aromatic rings. The van der Waals surface area contributed by atoms with Gasteiger partial charge in [-0.3, -0.25) is 4.79 Å². The van der Waals surface area contributed by atoms with Gasteiger partial charge in [-0.05, 0) is 30.4 Å². The average Bonchev–Trinajstić information content (AvgIpc) is 2.49. The molecule has 0 bridgehead atoms. The maximum atomic E-state index is 11.6. The van der Waals surface area contributed by atoms with E-state index in [0.29, 0.717) is 25.9 Å². The van der Waals surface area contributed by atoms with E-state index < -0.39 is 5.97 Å². The second kappa shape index (κ2) is 9.00. The molecule has 21 heavy (non-hydrogen) atoms. The SMILES string of the molecule is CCc1ccc(CNC(=O)NCCCC(C)C(=O)O)cc1. The third-order valence-corrected chi connectivity index (χ3v) is 3.41. The Bertz CT molecular complexity index is 457. The van der Waals surface area contributed by atoms with Crippen molar-refractivity contribution >= 4 is 12.0 Å². The summed E-state index contributed by atoms with van der Waals surface area (Å²) in [5.41, 5.74) is 2.33. The van der Waals surface area contributed by atoms with Gasteiger partial charge in [0, 0.05) is 13.1 Å². The van der Waals surface area contributed by atoms with Crippen molar-refractivity contribution in [1.82, 2.24) is 10.6 Å². The van der Waals surface area contributed by atoms with Crippen LogP contribution in [-0.4, -0.2) is 23.7 Å². The van der Waals surface area contributed by atoms with E-state index in [0.717, 1.165) is 12.0 Å². The fourth-order valence-corrected chi connectivity index (χ4v) is 1.87. The van der Waals surface area contributed by atoms with Crippen LogP contribution in [0.4, 0.5) is 4.79 Å². The van der Waals surface area contributed by atoms with Gasteiger partial charge in [0.1, 0.15) is 0 Å². The number of rotatable bonds is 8. The van der Waals surface area contributed by atoms with Gasteiger partial charge in [0.25, 0.3) is 0 Å². The summed E-state index contributed by atoms with van der Waals surface area (Å²) in [6, 6.07) is 7.91. The topological polar surface area (TPSA) is 78.4 Å². The minimum Gasteiger partial charge on any atom is -0.481 e. The summed E-state index contributed by atoms with van der Waals surface area (Å²) in [6.07, 6.45) is 2.23. The molecule has 5 nitrogen and oxygen atoms in total. The Labute approximate surface area is 125 Å². The Balaban J connectivity index is 2.17. The van der Waals surface area contributed by atoms with Crippen molar-refractivity contribution in [1.29, 1.82) is 0 Å². The third kappa shape index (κ3) is 6.79. The van der Waals surface area contributed by atoms with E-state index in [1.54, 1.807) is 6.92 Å². The number of urea groups is 1. The zero-order valence-corrected chi connectivity index (χ0v) is 12.7. The summed E-state index contributed by atoms with van der Waals surface area (Å²) in [5, 5.41) is 14.2. The zero-order valence-electron chi connectivity index (χ0n) is 12.7. The summed E-state index contributed by atoms with van der Waals surface area (Å²) in [7, 11) is 0. The molecule has 0 aromatic heterocycles. The fraction of sp³-hybridized carbons (Fsp3) is 0.500. The standard InChI is InChI=1S/C16H24N2O3/c1-3-13-6-8-14(9-7-13)11-18-16(21)17-10-4-5-12(2)15(19)20/h6-9,12H,3-5,10-11H2,1-2H3,(H,19,20)(H2,17,18,21). The molecule has 0 aliphatic carbocycles. The van der Waals surface area contributed by atoms with Gasteiger partial charge in [-0.25, -0.2) is 4.79 Å². The van der Waals surface area contributed by atoms with E-state index in [1.165, 1.54) is 5.56 Å². The van der Waals surface area contributed by atoms with Gasteiger partial charge < -0.3 is 15.7 Å². The van der Waals surface area contributed by atoms with Crippen LogP contribution in [0.2, 0.25) is 0 Å². The largest absolute Gasteiger partial charge is 0.481 e. The first-order valence-corrected chi connectivity index (χ1v) is 7.35. The molecule has 0 fully saturated rings. The van der Waals surface area contributed by atoms with E-state index in [9.17, 15) is 9.59 Å². The number of hydrogen-bond donors (Lipinski definition) is 3. The second-order valence-corrected chi connectivity index (χ2v) is 5.16. The van der Waals surface area contributed by atoms with Gasteiger partial charge in [0.05, 0.1) is 5.92 Å². The summed E-state index contributed by atoms with van der Waals surface area (Å²) >= 11 is 0. The van der Waals surface area contributed by atoms with Crippen LogP contribution in [-0.2, 0) is 17.8 Å². The van der Waals surface area contributed by atoms with Gasteiger partial charge >= 0.3 is 12.0 Å². The van der Waals surface area contributed by atoms with Gasteiger partial charge in [-0.15, -0.1) is 0 Å². The van der Waals surface area contributed by atoms with Crippen LogP contribution in [0.5, 0.6) is 0 Å². The van der Waals surface area contributed by atoms with Crippen LogP contribution < -0.4 is 10.6 Å². The van der Waals surface area contributed by atoms with E-state index in [4.69, 9.17) is 5.11 Å². The van der Waals surface area contributed by atoms with Crippen molar-refractivity contribution in [3.8, 4) is 0 Å². The van der Waals surface area contributed by atoms with E-state index in [-0.39, 0.29) is 11.9 Å². The van der Waals surface area contributed by atoms with Crippen molar-refractivity contribution in [2.24, 2.45) is 5.92 Å². The Morgan fingerprint density at radius 3 is 2.33 bits per heavy atom. The third-order valence-electron chi connectivity index (χ3n) is 3.41. The highest BCUT2D eigenvalue weighted by molar-refractivity contribution is 5.73. The number of carbonyl (C=O) groups excluding carboxylic acids is 1. The first kappa shape index (κ1) is 17.0. The minimum absolute atomic E-state index is 0.224. The number of hydrogen-bond acceptors (Lipinski definition) is 2. The molecule has 0 aliphatic heterocycles. The lowest BCUT2D eigenvalue weighted by Crippen LogP contribution is -2.35. The maximum absolute atomic E-state index is 11.6. The normalized spacial score (nSPS) is 11.7. The predicted octanol–water partition coefficient (Wildman–Crippen LogP) is 2.55. The molecule has 0 spiro atoms. The van der Waals surface area contributed by atoms with Crippen LogP contribution in [0.15, 0.2) is 24.3 Å². The molecule has 116 valence electrons. The molecular weight excluding hydrogens is 268 g/mol. The Kier molecular flexibility index (Phi) is 7.29. The molecule has 3 N–H and O–H groups in total. The molecule has 1 rings (SSSR count). The highest BCUT2D eigenvalue weighted by atomic mass is 16.4. The molecule has 0 radical (unpaired) electrons. The average molecular weight is 292 g/mol. The monoisotopic (exact) mass is 292 g/mol. The summed E-state index contributed by atoms with van der Waals surface area (Å²) in [5.74, 6) is -1.16. The molecule has 1 unspecified atom stereocenters. The maximum Gasteiger partial charge on any atom is 0.315 e. The fourth-order valence-electron chi connectivity index (χ4n) is 1.87. The Morgan fingerprint density at radius 1 is 1.14 bits per heavy atom. The lowest BCUT2D eigenvalue weighted by molar-refractivity contribution is -0.141. The van der Waals surface area contributed by atoms with E-state index in [2.05, 4.69) is 29.7 Å². The lowest BCUT2D eigenvalue weighted by atomic mass is 10.1. The molecule has 2 amide bonds. The van der Waals surface area contributed by atoms with Crippen LogP contribution in [0, 0.1) is 5.92 Å². The van der Waals surface area contributed by atoms with Gasteiger partial charge in [0.15, 0.2) is 0 Å². The molecular formula is C16H24N2O3. The first-order chi connectivity index (χ1) is 10.0. The van der Waals surface area contributed by atoms with Gasteiger partial charge in [-0.1, -0.05) is 38.1 Å². The van der Waals surface area contributed by atoms with E-state index >= 15 is 0 Å². The number of nitrogens with one attached hydrogen (secondary N) is 2. The lowest BCUT2D eigenvalue weighted by Gasteiger charge is -2.09. The highest BCUT2D eigenvalue weighted by Crippen LogP contribution is 2.05. The first-order valence-electron chi connectivity index (χ1n) is 7.35. The summed E-state index contributed by atoms with van der Waals surface area (Å²) in [6.45, 7) is 4.74.